The van der Waals surface area contributed by atoms with Crippen molar-refractivity contribution in [3.8, 4) is 0 Å². The molecule has 5 nitrogen and oxygen atoms in total. The van der Waals surface area contributed by atoms with Gasteiger partial charge < -0.3 is 9.64 Å². The number of anilines is 2. The second-order valence-electron chi connectivity index (χ2n) is 4.85. The van der Waals surface area contributed by atoms with Gasteiger partial charge in [-0.2, -0.15) is 0 Å². The minimum atomic E-state index is -0.464. The molecule has 0 aliphatic carbocycles. The quantitative estimate of drug-likeness (QED) is 0.923. The van der Waals surface area contributed by atoms with E-state index < -0.39 is 6.09 Å². The van der Waals surface area contributed by atoms with Gasteiger partial charge in [0.1, 0.15) is 0 Å². The van der Waals surface area contributed by atoms with Crippen molar-refractivity contribution in [1.82, 2.24) is 0 Å². The summed E-state index contributed by atoms with van der Waals surface area (Å²) >= 11 is 0. The highest BCUT2D eigenvalue weighted by Gasteiger charge is 2.21. The van der Waals surface area contributed by atoms with Crippen molar-refractivity contribution in [2.45, 2.75) is 33.1 Å². The Labute approximate surface area is 118 Å². The number of benzene rings is 1. The molecule has 1 N–H and O–H groups in total. The Bertz CT molecular complexity index is 514. The smallest absolute Gasteiger partial charge is 0.411 e. The van der Waals surface area contributed by atoms with Crippen molar-refractivity contribution >= 4 is 23.4 Å². The molecule has 1 aliphatic heterocycles. The molecule has 0 unspecified atom stereocenters. The van der Waals surface area contributed by atoms with Crippen LogP contribution in [0.3, 0.4) is 0 Å². The van der Waals surface area contributed by atoms with Crippen LogP contribution in [-0.2, 0) is 9.53 Å². The average molecular weight is 276 g/mol. The zero-order valence-corrected chi connectivity index (χ0v) is 11.9. The first-order chi connectivity index (χ1) is 9.61. The zero-order valence-electron chi connectivity index (χ0n) is 11.9. The Morgan fingerprint density at radius 3 is 2.85 bits per heavy atom. The van der Waals surface area contributed by atoms with Crippen LogP contribution in [0.5, 0.6) is 0 Å². The van der Waals surface area contributed by atoms with E-state index in [1.54, 1.807) is 13.0 Å². The summed E-state index contributed by atoms with van der Waals surface area (Å²) < 4.78 is 4.83. The van der Waals surface area contributed by atoms with Gasteiger partial charge in [-0.1, -0.05) is 0 Å². The largest absolute Gasteiger partial charge is 0.450 e. The average Bonchev–Trinajstić information content (AvgIpc) is 2.40. The Kier molecular flexibility index (Phi) is 4.61. The second-order valence-corrected chi connectivity index (χ2v) is 4.85. The summed E-state index contributed by atoms with van der Waals surface area (Å²) in [4.78, 5) is 25.1. The Morgan fingerprint density at radius 1 is 1.40 bits per heavy atom. The number of hydrogen-bond donors (Lipinski definition) is 1. The molecule has 5 heteroatoms. The summed E-state index contributed by atoms with van der Waals surface area (Å²) in [6.45, 7) is 4.80. The molecule has 1 fully saturated rings. The molecule has 0 aromatic heterocycles. The third-order valence-electron chi connectivity index (χ3n) is 3.33. The summed E-state index contributed by atoms with van der Waals surface area (Å²) in [5, 5.41) is 2.66. The predicted octanol–water partition coefficient (Wildman–Crippen LogP) is 3.08. The number of aryl methyl sites for hydroxylation is 1. The number of carbonyl (C=O) groups excluding carboxylic acids is 2. The first-order valence-electron chi connectivity index (χ1n) is 6.96. The SMILES string of the molecule is CCOC(=O)Nc1ccc(N2CCCCC2=O)c(C)c1. The molecule has 1 saturated heterocycles. The van der Waals surface area contributed by atoms with Crippen LogP contribution in [0.25, 0.3) is 0 Å². The van der Waals surface area contributed by atoms with Gasteiger partial charge in [0.15, 0.2) is 0 Å². The third-order valence-corrected chi connectivity index (χ3v) is 3.33. The maximum Gasteiger partial charge on any atom is 0.411 e. The summed E-state index contributed by atoms with van der Waals surface area (Å²) in [6.07, 6.45) is 2.15. The maximum atomic E-state index is 11.9. The highest BCUT2D eigenvalue weighted by molar-refractivity contribution is 5.95. The van der Waals surface area contributed by atoms with Crippen molar-refractivity contribution in [1.29, 1.82) is 0 Å². The summed E-state index contributed by atoms with van der Waals surface area (Å²) in [6, 6.07) is 5.52. The van der Waals surface area contributed by atoms with Gasteiger partial charge in [-0.25, -0.2) is 4.79 Å². The molecule has 0 bridgehead atoms. The molecule has 1 aliphatic rings. The number of hydrogen-bond acceptors (Lipinski definition) is 3. The zero-order chi connectivity index (χ0) is 14.5. The molecule has 1 heterocycles. The van der Waals surface area contributed by atoms with Crippen LogP contribution in [0, 0.1) is 6.92 Å². The van der Waals surface area contributed by atoms with Gasteiger partial charge in [0.25, 0.3) is 0 Å². The van der Waals surface area contributed by atoms with E-state index in [0.29, 0.717) is 18.7 Å². The van der Waals surface area contributed by atoms with Gasteiger partial charge in [0.2, 0.25) is 5.91 Å². The Balaban J connectivity index is 2.13. The second kappa shape index (κ2) is 6.41. The van der Waals surface area contributed by atoms with Crippen LogP contribution >= 0.6 is 0 Å². The number of nitrogens with one attached hydrogen (secondary N) is 1. The van der Waals surface area contributed by atoms with Crippen LogP contribution in [0.1, 0.15) is 31.7 Å². The number of amides is 2. The van der Waals surface area contributed by atoms with Gasteiger partial charge >= 0.3 is 6.09 Å². The fourth-order valence-corrected chi connectivity index (χ4v) is 2.38. The van der Waals surface area contributed by atoms with Crippen molar-refractivity contribution in [3.05, 3.63) is 23.8 Å². The molecule has 0 atom stereocenters. The van der Waals surface area contributed by atoms with Crippen molar-refractivity contribution in [2.75, 3.05) is 23.4 Å². The van der Waals surface area contributed by atoms with Crippen molar-refractivity contribution in [3.63, 3.8) is 0 Å². The molecule has 0 spiro atoms. The molecule has 0 radical (unpaired) electrons. The van der Waals surface area contributed by atoms with E-state index in [0.717, 1.165) is 30.6 Å². The van der Waals surface area contributed by atoms with Gasteiger partial charge in [-0.3, -0.25) is 10.1 Å². The molecule has 108 valence electrons. The van der Waals surface area contributed by atoms with Gasteiger partial charge in [-0.05, 0) is 50.5 Å². The summed E-state index contributed by atoms with van der Waals surface area (Å²) in [5.74, 6) is 0.172. The monoisotopic (exact) mass is 276 g/mol. The van der Waals surface area contributed by atoms with Crippen LogP contribution in [-0.4, -0.2) is 25.2 Å². The molecule has 20 heavy (non-hydrogen) atoms. The number of rotatable bonds is 3. The standard InChI is InChI=1S/C15H20N2O3/c1-3-20-15(19)16-12-7-8-13(11(2)10-12)17-9-5-4-6-14(17)18/h7-8,10H,3-6,9H2,1-2H3,(H,16,19). The Morgan fingerprint density at radius 2 is 2.20 bits per heavy atom. The molecule has 2 rings (SSSR count). The predicted molar refractivity (Wildman–Crippen MR) is 78.0 cm³/mol. The van der Waals surface area contributed by atoms with E-state index in [1.807, 2.05) is 24.0 Å². The van der Waals surface area contributed by atoms with Crippen LogP contribution in [0.2, 0.25) is 0 Å². The molecule has 2 amide bonds. The minimum absolute atomic E-state index is 0.172. The van der Waals surface area contributed by atoms with Crippen LogP contribution in [0.15, 0.2) is 18.2 Å². The molecule has 0 saturated carbocycles. The van der Waals surface area contributed by atoms with Crippen molar-refractivity contribution < 1.29 is 14.3 Å². The topological polar surface area (TPSA) is 58.6 Å². The lowest BCUT2D eigenvalue weighted by Crippen LogP contribution is -2.35. The van der Waals surface area contributed by atoms with Gasteiger partial charge in [-0.15, -0.1) is 0 Å². The van der Waals surface area contributed by atoms with E-state index >= 15 is 0 Å². The lowest BCUT2D eigenvalue weighted by atomic mass is 10.1. The van der Waals surface area contributed by atoms with Crippen molar-refractivity contribution in [2.24, 2.45) is 0 Å². The van der Waals surface area contributed by atoms with Gasteiger partial charge in [0, 0.05) is 24.3 Å². The first-order valence-corrected chi connectivity index (χ1v) is 6.96. The summed E-state index contributed by atoms with van der Waals surface area (Å²) in [5.41, 5.74) is 2.56. The van der Waals surface area contributed by atoms with Gasteiger partial charge in [0.05, 0.1) is 6.61 Å². The Hall–Kier alpha value is -2.04. The lowest BCUT2D eigenvalue weighted by molar-refractivity contribution is -0.119. The van der Waals surface area contributed by atoms with E-state index in [-0.39, 0.29) is 5.91 Å². The normalized spacial score (nSPS) is 15.1. The number of piperidine rings is 1. The third kappa shape index (κ3) is 3.29. The highest BCUT2D eigenvalue weighted by atomic mass is 16.5. The lowest BCUT2D eigenvalue weighted by Gasteiger charge is -2.28. The van der Waals surface area contributed by atoms with E-state index in [2.05, 4.69) is 5.32 Å². The molecule has 1 aromatic rings. The van der Waals surface area contributed by atoms with E-state index in [4.69, 9.17) is 4.74 Å². The van der Waals surface area contributed by atoms with Crippen LogP contribution in [0.4, 0.5) is 16.2 Å². The molecular formula is C15H20N2O3. The fraction of sp³-hybridized carbons (Fsp3) is 0.467. The molecule has 1 aromatic carbocycles. The van der Waals surface area contributed by atoms with E-state index in [1.165, 1.54) is 0 Å². The minimum Gasteiger partial charge on any atom is -0.450 e. The maximum absolute atomic E-state index is 11.9. The number of ether oxygens (including phenoxy) is 1. The highest BCUT2D eigenvalue weighted by Crippen LogP contribution is 2.27. The van der Waals surface area contributed by atoms with Crippen LogP contribution < -0.4 is 10.2 Å². The van der Waals surface area contributed by atoms with E-state index in [9.17, 15) is 9.59 Å². The fourth-order valence-electron chi connectivity index (χ4n) is 2.38. The molecular weight excluding hydrogens is 256 g/mol. The number of carbonyl (C=O) groups is 2. The first kappa shape index (κ1) is 14.4. The summed E-state index contributed by atoms with van der Waals surface area (Å²) in [7, 11) is 0. The number of nitrogens with zero attached hydrogens (tertiary/aromatic N) is 1.